The van der Waals surface area contributed by atoms with E-state index in [-0.39, 0.29) is 17.3 Å². The van der Waals surface area contributed by atoms with Gasteiger partial charge in [-0.15, -0.1) is 0 Å². The molecule has 2 aromatic carbocycles. The maximum absolute atomic E-state index is 13.4. The van der Waals surface area contributed by atoms with E-state index in [2.05, 4.69) is 5.32 Å². The highest BCUT2D eigenvalue weighted by molar-refractivity contribution is 7.89. The third-order valence-electron chi connectivity index (χ3n) is 5.24. The Labute approximate surface area is 202 Å². The van der Waals surface area contributed by atoms with Gasteiger partial charge in [0.25, 0.3) is 0 Å². The van der Waals surface area contributed by atoms with Gasteiger partial charge in [-0.1, -0.05) is 29.8 Å². The number of aryl methyl sites for hydroxylation is 1. The number of carbonyl (C=O) groups is 2. The van der Waals surface area contributed by atoms with Crippen LogP contribution in [0.2, 0.25) is 0 Å². The second kappa shape index (κ2) is 11.0. The van der Waals surface area contributed by atoms with Crippen LogP contribution in [0.5, 0.6) is 5.75 Å². The van der Waals surface area contributed by atoms with E-state index >= 15 is 0 Å². The lowest BCUT2D eigenvalue weighted by atomic mass is 10.1. The Morgan fingerprint density at radius 1 is 1.09 bits per heavy atom. The molecule has 0 unspecified atom stereocenters. The highest BCUT2D eigenvalue weighted by atomic mass is 32.2. The molecule has 9 heteroatoms. The SMILES string of the molecule is COc1cccc(CN(C(=O)CN(C)S(=O)(=O)c2ccc(C)cc2)[C@H](C)C(=O)NC(C)(C)C)c1. The second-order valence-corrected chi connectivity index (χ2v) is 11.4. The molecule has 0 bridgehead atoms. The van der Waals surface area contributed by atoms with Crippen molar-refractivity contribution in [2.75, 3.05) is 20.7 Å². The molecule has 0 aliphatic rings. The minimum atomic E-state index is -3.88. The third-order valence-corrected chi connectivity index (χ3v) is 7.06. The van der Waals surface area contributed by atoms with Gasteiger partial charge >= 0.3 is 0 Å². The van der Waals surface area contributed by atoms with Crippen LogP contribution in [-0.4, -0.2) is 61.7 Å². The Morgan fingerprint density at radius 3 is 2.26 bits per heavy atom. The number of carbonyl (C=O) groups excluding carboxylic acids is 2. The fourth-order valence-corrected chi connectivity index (χ4v) is 4.40. The maximum atomic E-state index is 13.4. The fraction of sp³-hybridized carbons (Fsp3) is 0.440. The molecule has 0 aromatic heterocycles. The Bertz CT molecular complexity index is 1110. The Morgan fingerprint density at radius 2 is 1.71 bits per heavy atom. The first-order valence-electron chi connectivity index (χ1n) is 11.0. The number of benzene rings is 2. The van der Waals surface area contributed by atoms with E-state index in [9.17, 15) is 18.0 Å². The smallest absolute Gasteiger partial charge is 0.243 e. The number of rotatable bonds is 9. The summed E-state index contributed by atoms with van der Waals surface area (Å²) in [6.45, 7) is 8.77. The van der Waals surface area contributed by atoms with E-state index in [1.807, 2.05) is 33.8 Å². The number of amides is 2. The van der Waals surface area contributed by atoms with Gasteiger partial charge in [0.05, 0.1) is 18.6 Å². The summed E-state index contributed by atoms with van der Waals surface area (Å²) >= 11 is 0. The minimum absolute atomic E-state index is 0.103. The number of methoxy groups -OCH3 is 1. The first kappa shape index (κ1) is 27.3. The molecule has 0 heterocycles. The number of likely N-dealkylation sites (N-methyl/N-ethyl adjacent to an activating group) is 1. The van der Waals surface area contributed by atoms with Crippen molar-refractivity contribution in [2.45, 2.75) is 57.6 Å². The highest BCUT2D eigenvalue weighted by Gasteiger charge is 2.31. The van der Waals surface area contributed by atoms with Gasteiger partial charge in [0.1, 0.15) is 11.8 Å². The topological polar surface area (TPSA) is 96.0 Å². The summed E-state index contributed by atoms with van der Waals surface area (Å²) in [4.78, 5) is 27.7. The first-order valence-corrected chi connectivity index (χ1v) is 12.5. The number of nitrogens with one attached hydrogen (secondary N) is 1. The predicted octanol–water partition coefficient (Wildman–Crippen LogP) is 2.96. The number of ether oxygens (including phenoxy) is 1. The van der Waals surface area contributed by atoms with E-state index in [0.717, 1.165) is 15.4 Å². The molecule has 8 nitrogen and oxygen atoms in total. The van der Waals surface area contributed by atoms with Crippen molar-refractivity contribution in [3.8, 4) is 5.75 Å². The minimum Gasteiger partial charge on any atom is -0.497 e. The quantitative estimate of drug-likeness (QED) is 0.584. The molecule has 0 aliphatic carbocycles. The predicted molar refractivity (Wildman–Crippen MR) is 132 cm³/mol. The van der Waals surface area contributed by atoms with Gasteiger partial charge in [-0.25, -0.2) is 8.42 Å². The summed E-state index contributed by atoms with van der Waals surface area (Å²) in [5.74, 6) is -0.193. The fourth-order valence-electron chi connectivity index (χ4n) is 3.28. The largest absolute Gasteiger partial charge is 0.497 e. The van der Waals surface area contributed by atoms with E-state index in [4.69, 9.17) is 4.74 Å². The molecule has 1 atom stereocenters. The number of hydrogen-bond donors (Lipinski definition) is 1. The van der Waals surface area contributed by atoms with Crippen molar-refractivity contribution in [3.63, 3.8) is 0 Å². The van der Waals surface area contributed by atoms with Gasteiger partial charge in [0.15, 0.2) is 0 Å². The zero-order valence-electron chi connectivity index (χ0n) is 21.0. The van der Waals surface area contributed by atoms with E-state index in [1.54, 1.807) is 44.4 Å². The molecule has 0 saturated carbocycles. The molecule has 0 spiro atoms. The van der Waals surface area contributed by atoms with Gasteiger partial charge in [-0.2, -0.15) is 4.31 Å². The van der Waals surface area contributed by atoms with Crippen LogP contribution in [-0.2, 0) is 26.2 Å². The van der Waals surface area contributed by atoms with Crippen LogP contribution in [0, 0.1) is 6.92 Å². The van der Waals surface area contributed by atoms with Crippen LogP contribution in [0.1, 0.15) is 38.8 Å². The molecule has 0 aliphatic heterocycles. The van der Waals surface area contributed by atoms with Gasteiger partial charge in [0.2, 0.25) is 21.8 Å². The molecule has 0 radical (unpaired) electrons. The Kier molecular flexibility index (Phi) is 8.85. The molecular formula is C25H35N3O5S. The molecule has 1 N–H and O–H groups in total. The molecular weight excluding hydrogens is 454 g/mol. The van der Waals surface area contributed by atoms with Gasteiger partial charge in [0, 0.05) is 19.1 Å². The van der Waals surface area contributed by atoms with Crippen molar-refractivity contribution < 1.29 is 22.7 Å². The summed E-state index contributed by atoms with van der Waals surface area (Å²) in [6.07, 6.45) is 0. The summed E-state index contributed by atoms with van der Waals surface area (Å²) in [5.41, 5.74) is 1.20. The van der Waals surface area contributed by atoms with Crippen LogP contribution in [0.3, 0.4) is 0 Å². The molecule has 0 saturated heterocycles. The van der Waals surface area contributed by atoms with Crippen LogP contribution in [0.4, 0.5) is 0 Å². The first-order chi connectivity index (χ1) is 15.7. The number of sulfonamides is 1. The third kappa shape index (κ3) is 7.30. The number of hydrogen-bond acceptors (Lipinski definition) is 5. The molecule has 2 aromatic rings. The standard InChI is InChI=1S/C25H35N3O5S/c1-18-11-13-22(14-12-18)34(31,32)27(6)17-23(29)28(19(2)24(30)26-25(3,4)5)16-20-9-8-10-21(15-20)33-7/h8-15,19H,16-17H2,1-7H3,(H,26,30)/t19-/m1/s1. The molecule has 0 fully saturated rings. The molecule has 34 heavy (non-hydrogen) atoms. The van der Waals surface area contributed by atoms with Gasteiger partial charge < -0.3 is 15.0 Å². The van der Waals surface area contributed by atoms with Crippen LogP contribution >= 0.6 is 0 Å². The van der Waals surface area contributed by atoms with Crippen molar-refractivity contribution in [3.05, 3.63) is 59.7 Å². The van der Waals surface area contributed by atoms with Crippen molar-refractivity contribution in [1.82, 2.24) is 14.5 Å². The van der Waals surface area contributed by atoms with Crippen molar-refractivity contribution >= 4 is 21.8 Å². The normalized spacial score (nSPS) is 12.8. The average molecular weight is 490 g/mol. The summed E-state index contributed by atoms with van der Waals surface area (Å²) in [7, 11) is -0.972. The Balaban J connectivity index is 2.31. The molecule has 2 amide bonds. The molecule has 2 rings (SSSR count). The maximum Gasteiger partial charge on any atom is 0.243 e. The van der Waals surface area contributed by atoms with Crippen LogP contribution in [0.15, 0.2) is 53.4 Å². The zero-order valence-corrected chi connectivity index (χ0v) is 21.8. The lowest BCUT2D eigenvalue weighted by Crippen LogP contribution is -2.54. The monoisotopic (exact) mass is 489 g/mol. The van der Waals surface area contributed by atoms with E-state index in [0.29, 0.717) is 5.75 Å². The Hall–Kier alpha value is -2.91. The van der Waals surface area contributed by atoms with Crippen molar-refractivity contribution in [1.29, 1.82) is 0 Å². The lowest BCUT2D eigenvalue weighted by molar-refractivity contribution is -0.141. The highest BCUT2D eigenvalue weighted by Crippen LogP contribution is 2.19. The van der Waals surface area contributed by atoms with Crippen molar-refractivity contribution in [2.24, 2.45) is 0 Å². The summed E-state index contributed by atoms with van der Waals surface area (Å²) in [5, 5.41) is 2.89. The zero-order chi connectivity index (χ0) is 25.7. The lowest BCUT2D eigenvalue weighted by Gasteiger charge is -2.32. The van der Waals surface area contributed by atoms with Gasteiger partial charge in [-0.05, 0) is 64.4 Å². The van der Waals surface area contributed by atoms with Crippen LogP contribution in [0.25, 0.3) is 0 Å². The number of nitrogens with zero attached hydrogens (tertiary/aromatic N) is 2. The average Bonchev–Trinajstić information content (AvgIpc) is 2.76. The summed E-state index contributed by atoms with van der Waals surface area (Å²) in [6, 6.07) is 12.8. The summed E-state index contributed by atoms with van der Waals surface area (Å²) < 4.78 is 32.3. The van der Waals surface area contributed by atoms with E-state index < -0.39 is 34.1 Å². The second-order valence-electron chi connectivity index (χ2n) is 9.36. The van der Waals surface area contributed by atoms with E-state index in [1.165, 1.54) is 24.1 Å². The molecule has 186 valence electrons. The van der Waals surface area contributed by atoms with Gasteiger partial charge in [-0.3, -0.25) is 9.59 Å². The van der Waals surface area contributed by atoms with Crippen LogP contribution < -0.4 is 10.1 Å².